The second kappa shape index (κ2) is 5.37. The molecule has 0 fully saturated rings. The maximum atomic E-state index is 12.5. The van der Waals surface area contributed by atoms with Gasteiger partial charge < -0.3 is 15.0 Å². The monoisotopic (exact) mass is 291 g/mol. The van der Waals surface area contributed by atoms with Crippen molar-refractivity contribution in [3.05, 3.63) is 34.2 Å². The van der Waals surface area contributed by atoms with E-state index in [0.717, 1.165) is 5.52 Å². The van der Waals surface area contributed by atoms with Crippen molar-refractivity contribution in [2.24, 2.45) is 7.05 Å². The number of hydrogen-bond acceptors (Lipinski definition) is 3. The number of aliphatic hydroxyl groups is 1. The lowest BCUT2D eigenvalue weighted by molar-refractivity contribution is 0.0315. The number of fused-ring (bicyclic) bond motifs is 1. The Kier molecular flexibility index (Phi) is 3.91. The summed E-state index contributed by atoms with van der Waals surface area (Å²) in [6.07, 6.45) is 0. The molecule has 0 atom stereocenters. The quantitative estimate of drug-likeness (QED) is 0.885. The number of carbonyl (C=O) groups is 1. The van der Waals surface area contributed by atoms with Gasteiger partial charge in [-0.1, -0.05) is 0 Å². The summed E-state index contributed by atoms with van der Waals surface area (Å²) < 4.78 is 1.50. The first-order valence-electron chi connectivity index (χ1n) is 6.93. The van der Waals surface area contributed by atoms with Crippen LogP contribution in [0.3, 0.4) is 0 Å². The van der Waals surface area contributed by atoms with Crippen LogP contribution in [0.2, 0.25) is 0 Å². The Labute approximate surface area is 123 Å². The van der Waals surface area contributed by atoms with Crippen LogP contribution < -0.4 is 5.69 Å². The van der Waals surface area contributed by atoms with Crippen LogP contribution in [0.25, 0.3) is 11.0 Å². The van der Waals surface area contributed by atoms with E-state index in [2.05, 4.69) is 4.98 Å². The first-order valence-corrected chi connectivity index (χ1v) is 6.93. The number of imidazole rings is 1. The molecule has 2 aromatic rings. The minimum atomic E-state index is -0.948. The van der Waals surface area contributed by atoms with Crippen LogP contribution >= 0.6 is 0 Å². The first-order chi connectivity index (χ1) is 9.73. The van der Waals surface area contributed by atoms with Crippen LogP contribution in [0, 0.1) is 0 Å². The number of aromatic amines is 1. The Morgan fingerprint density at radius 2 is 2.10 bits per heavy atom. The summed E-state index contributed by atoms with van der Waals surface area (Å²) in [5, 5.41) is 9.88. The number of rotatable bonds is 4. The minimum absolute atomic E-state index is 0.161. The highest BCUT2D eigenvalue weighted by Gasteiger charge is 2.22. The van der Waals surface area contributed by atoms with Gasteiger partial charge in [0, 0.05) is 25.7 Å². The van der Waals surface area contributed by atoms with Gasteiger partial charge in [0.25, 0.3) is 5.91 Å². The Morgan fingerprint density at radius 1 is 1.43 bits per heavy atom. The predicted molar refractivity (Wildman–Crippen MR) is 81.4 cm³/mol. The van der Waals surface area contributed by atoms with Crippen LogP contribution in [0.4, 0.5) is 0 Å². The molecule has 0 spiro atoms. The van der Waals surface area contributed by atoms with Crippen LogP contribution in [0.15, 0.2) is 23.0 Å². The predicted octanol–water partition coefficient (Wildman–Crippen LogP) is 1.10. The molecule has 114 valence electrons. The zero-order chi connectivity index (χ0) is 15.8. The number of aromatic nitrogens is 2. The van der Waals surface area contributed by atoms with Gasteiger partial charge in [0.15, 0.2) is 0 Å². The largest absolute Gasteiger partial charge is 0.389 e. The van der Waals surface area contributed by atoms with E-state index < -0.39 is 5.60 Å². The lowest BCUT2D eigenvalue weighted by Crippen LogP contribution is -2.42. The zero-order valence-corrected chi connectivity index (χ0v) is 12.8. The highest BCUT2D eigenvalue weighted by molar-refractivity contribution is 5.97. The summed E-state index contributed by atoms with van der Waals surface area (Å²) in [6, 6.07) is 5.12. The third-order valence-corrected chi connectivity index (χ3v) is 3.40. The van der Waals surface area contributed by atoms with E-state index in [1.54, 1.807) is 44.0 Å². The van der Waals surface area contributed by atoms with Crippen LogP contribution in [0.5, 0.6) is 0 Å². The van der Waals surface area contributed by atoms with E-state index in [-0.39, 0.29) is 18.1 Å². The third kappa shape index (κ3) is 3.16. The van der Waals surface area contributed by atoms with Crippen molar-refractivity contribution >= 4 is 16.9 Å². The van der Waals surface area contributed by atoms with Gasteiger partial charge in [-0.3, -0.25) is 9.36 Å². The lowest BCUT2D eigenvalue weighted by Gasteiger charge is -2.28. The zero-order valence-electron chi connectivity index (χ0n) is 12.8. The number of nitrogens with one attached hydrogen (secondary N) is 1. The number of benzene rings is 1. The SMILES string of the molecule is CCN(CC(C)(C)O)C(=O)c1ccc2c(c1)[nH]c(=O)n2C. The third-order valence-electron chi connectivity index (χ3n) is 3.40. The minimum Gasteiger partial charge on any atom is -0.389 e. The normalized spacial score (nSPS) is 11.9. The molecule has 1 aromatic carbocycles. The average molecular weight is 291 g/mol. The molecule has 1 heterocycles. The molecule has 0 saturated heterocycles. The van der Waals surface area contributed by atoms with Gasteiger partial charge in [0.2, 0.25) is 0 Å². The van der Waals surface area contributed by atoms with Gasteiger partial charge in [0.05, 0.1) is 16.6 Å². The van der Waals surface area contributed by atoms with Crippen molar-refractivity contribution in [3.63, 3.8) is 0 Å². The highest BCUT2D eigenvalue weighted by atomic mass is 16.3. The summed E-state index contributed by atoms with van der Waals surface area (Å²) in [5.74, 6) is -0.161. The number of hydrogen-bond donors (Lipinski definition) is 2. The molecule has 1 aromatic heterocycles. The Balaban J connectivity index is 2.36. The van der Waals surface area contributed by atoms with E-state index in [0.29, 0.717) is 17.6 Å². The molecule has 0 radical (unpaired) electrons. The van der Waals surface area contributed by atoms with Crippen LogP contribution in [-0.4, -0.2) is 44.2 Å². The summed E-state index contributed by atoms with van der Waals surface area (Å²) in [7, 11) is 1.68. The molecule has 0 bridgehead atoms. The van der Waals surface area contributed by atoms with Gasteiger partial charge in [-0.15, -0.1) is 0 Å². The van der Waals surface area contributed by atoms with Gasteiger partial charge >= 0.3 is 5.69 Å². The molecule has 6 heteroatoms. The Bertz CT molecular complexity index is 722. The molecule has 21 heavy (non-hydrogen) atoms. The number of amides is 1. The molecule has 2 rings (SSSR count). The molecule has 2 N–H and O–H groups in total. The molecule has 0 aliphatic rings. The molecule has 0 aliphatic carbocycles. The smallest absolute Gasteiger partial charge is 0.326 e. The summed E-state index contributed by atoms with van der Waals surface area (Å²) in [4.78, 5) is 28.4. The maximum absolute atomic E-state index is 12.5. The van der Waals surface area contributed by atoms with Gasteiger partial charge in [-0.05, 0) is 39.0 Å². The van der Waals surface area contributed by atoms with Crippen molar-refractivity contribution in [3.8, 4) is 0 Å². The molecule has 6 nitrogen and oxygen atoms in total. The van der Waals surface area contributed by atoms with E-state index in [1.165, 1.54) is 4.57 Å². The number of nitrogens with zero attached hydrogens (tertiary/aromatic N) is 2. The molecule has 1 amide bonds. The van der Waals surface area contributed by atoms with Crippen molar-refractivity contribution in [1.82, 2.24) is 14.5 Å². The molecule has 0 aliphatic heterocycles. The van der Waals surface area contributed by atoms with E-state index in [9.17, 15) is 14.7 Å². The number of H-pyrrole nitrogens is 1. The summed E-state index contributed by atoms with van der Waals surface area (Å²) >= 11 is 0. The van der Waals surface area contributed by atoms with Gasteiger partial charge in [-0.2, -0.15) is 0 Å². The standard InChI is InChI=1S/C15H21N3O3/c1-5-18(9-15(2,3)21)13(19)10-6-7-12-11(8-10)16-14(20)17(12)4/h6-8,21H,5,9H2,1-4H3,(H,16,20). The molecule has 0 saturated carbocycles. The van der Waals surface area contributed by atoms with E-state index in [1.807, 2.05) is 6.92 Å². The molecular weight excluding hydrogens is 270 g/mol. The van der Waals surface area contributed by atoms with Crippen molar-refractivity contribution < 1.29 is 9.90 Å². The lowest BCUT2D eigenvalue weighted by atomic mass is 10.1. The Hall–Kier alpha value is -2.08. The topological polar surface area (TPSA) is 78.3 Å². The summed E-state index contributed by atoms with van der Waals surface area (Å²) in [6.45, 7) is 5.96. The Morgan fingerprint density at radius 3 is 2.67 bits per heavy atom. The first kappa shape index (κ1) is 15.3. The van der Waals surface area contributed by atoms with E-state index >= 15 is 0 Å². The fraction of sp³-hybridized carbons (Fsp3) is 0.467. The fourth-order valence-corrected chi connectivity index (χ4v) is 2.35. The second-order valence-electron chi connectivity index (χ2n) is 5.85. The van der Waals surface area contributed by atoms with Crippen molar-refractivity contribution in [2.45, 2.75) is 26.4 Å². The highest BCUT2D eigenvalue weighted by Crippen LogP contribution is 2.15. The van der Waals surface area contributed by atoms with Crippen molar-refractivity contribution in [2.75, 3.05) is 13.1 Å². The fourth-order valence-electron chi connectivity index (χ4n) is 2.35. The maximum Gasteiger partial charge on any atom is 0.326 e. The number of aryl methyl sites for hydroxylation is 1. The number of carbonyl (C=O) groups excluding carboxylic acids is 1. The average Bonchev–Trinajstić information content (AvgIpc) is 2.69. The summed E-state index contributed by atoms with van der Waals surface area (Å²) in [5.41, 5.74) is 0.722. The van der Waals surface area contributed by atoms with Crippen LogP contribution in [-0.2, 0) is 7.05 Å². The van der Waals surface area contributed by atoms with E-state index in [4.69, 9.17) is 0 Å². The second-order valence-corrected chi connectivity index (χ2v) is 5.85. The van der Waals surface area contributed by atoms with Gasteiger partial charge in [-0.25, -0.2) is 4.79 Å². The van der Waals surface area contributed by atoms with Gasteiger partial charge in [0.1, 0.15) is 0 Å². The van der Waals surface area contributed by atoms with Crippen LogP contribution in [0.1, 0.15) is 31.1 Å². The molecular formula is C15H21N3O3. The molecule has 0 unspecified atom stereocenters. The number of likely N-dealkylation sites (N-methyl/N-ethyl adjacent to an activating group) is 1. The van der Waals surface area contributed by atoms with Crippen molar-refractivity contribution in [1.29, 1.82) is 0 Å².